The third kappa shape index (κ3) is 3.97. The number of likely N-dealkylation sites (tertiary alicyclic amines) is 1. The molecule has 8 heteroatoms. The second-order valence-electron chi connectivity index (χ2n) is 8.55. The van der Waals surface area contributed by atoms with E-state index in [2.05, 4.69) is 9.88 Å². The van der Waals surface area contributed by atoms with Gasteiger partial charge in [0.2, 0.25) is 11.9 Å². The Kier molecular flexibility index (Phi) is 5.59. The Bertz CT molecular complexity index is 1120. The van der Waals surface area contributed by atoms with Crippen molar-refractivity contribution >= 4 is 11.9 Å². The first-order chi connectivity index (χ1) is 15.6. The molecule has 0 spiro atoms. The predicted octanol–water partition coefficient (Wildman–Crippen LogP) is 3.52. The first-order valence-corrected chi connectivity index (χ1v) is 11.2. The van der Waals surface area contributed by atoms with Crippen LogP contribution in [0.3, 0.4) is 0 Å². The summed E-state index contributed by atoms with van der Waals surface area (Å²) in [5.74, 6) is 0.328. The highest BCUT2D eigenvalue weighted by Crippen LogP contribution is 2.37. The van der Waals surface area contributed by atoms with E-state index < -0.39 is 0 Å². The number of rotatable bonds is 5. The van der Waals surface area contributed by atoms with Crippen molar-refractivity contribution in [3.8, 4) is 11.3 Å². The Hall–Kier alpha value is -3.29. The zero-order valence-electron chi connectivity index (χ0n) is 18.2. The molecule has 2 aliphatic heterocycles. The molecular weight excluding hydrogens is 407 g/mol. The largest absolute Gasteiger partial charge is 0.341 e. The molecule has 3 aromatic rings. The number of aromatic nitrogens is 4. The summed E-state index contributed by atoms with van der Waals surface area (Å²) < 4.78 is 15.9. The molecule has 2 aromatic heterocycles. The highest BCUT2D eigenvalue weighted by atomic mass is 19.1. The Labute approximate surface area is 186 Å². The van der Waals surface area contributed by atoms with Crippen LogP contribution in [-0.4, -0.2) is 50.2 Å². The molecule has 166 valence electrons. The number of anilines is 1. The predicted molar refractivity (Wildman–Crippen MR) is 119 cm³/mol. The third-order valence-corrected chi connectivity index (χ3v) is 6.35. The molecular formula is C24H27FN6O. The van der Waals surface area contributed by atoms with Gasteiger partial charge < -0.3 is 9.80 Å². The highest BCUT2D eigenvalue weighted by molar-refractivity contribution is 5.80. The highest BCUT2D eigenvalue weighted by Gasteiger charge is 2.34. The molecule has 1 aromatic carbocycles. The second kappa shape index (κ2) is 8.68. The average molecular weight is 435 g/mol. The van der Waals surface area contributed by atoms with Gasteiger partial charge in [-0.15, -0.1) is 0 Å². The first-order valence-electron chi connectivity index (χ1n) is 11.2. The second-order valence-corrected chi connectivity index (χ2v) is 8.55. The van der Waals surface area contributed by atoms with Crippen molar-refractivity contribution in [3.63, 3.8) is 0 Å². The van der Waals surface area contributed by atoms with Gasteiger partial charge in [0.1, 0.15) is 5.82 Å². The molecule has 0 N–H and O–H groups in total. The van der Waals surface area contributed by atoms with E-state index in [1.165, 1.54) is 6.07 Å². The number of hydrogen-bond donors (Lipinski definition) is 0. The molecule has 32 heavy (non-hydrogen) atoms. The van der Waals surface area contributed by atoms with Crippen molar-refractivity contribution in [1.29, 1.82) is 0 Å². The van der Waals surface area contributed by atoms with Crippen LogP contribution in [0.1, 0.15) is 43.0 Å². The summed E-state index contributed by atoms with van der Waals surface area (Å²) in [5.41, 5.74) is 3.01. The lowest BCUT2D eigenvalue weighted by Gasteiger charge is -2.24. The third-order valence-electron chi connectivity index (χ3n) is 6.35. The standard InChI is InChI=1S/C24H27FN6O/c1-29-16-18(20-10-11-26-24(27-20)30-12-4-5-13-30)23(28-29)21-9-6-14-31(21)22(32)15-17-7-2-3-8-19(17)25/h2-3,7-8,10-11,16,21H,4-6,9,12-15H2,1H3/t21-/m0/s1. The van der Waals surface area contributed by atoms with E-state index in [9.17, 15) is 9.18 Å². The van der Waals surface area contributed by atoms with Crippen molar-refractivity contribution in [2.24, 2.45) is 7.05 Å². The summed E-state index contributed by atoms with van der Waals surface area (Å²) in [6, 6.07) is 8.23. The van der Waals surface area contributed by atoms with E-state index >= 15 is 0 Å². The maximum absolute atomic E-state index is 14.1. The lowest BCUT2D eigenvalue weighted by molar-refractivity contribution is -0.131. The van der Waals surface area contributed by atoms with E-state index in [0.29, 0.717) is 12.1 Å². The van der Waals surface area contributed by atoms with Crippen molar-refractivity contribution in [3.05, 3.63) is 59.8 Å². The van der Waals surface area contributed by atoms with Gasteiger partial charge >= 0.3 is 0 Å². The van der Waals surface area contributed by atoms with Crippen LogP contribution in [-0.2, 0) is 18.3 Å². The van der Waals surface area contributed by atoms with Crippen molar-refractivity contribution in [2.75, 3.05) is 24.5 Å². The SMILES string of the molecule is Cn1cc(-c2ccnc(N3CCCC3)n2)c([C@@H]2CCCN2C(=O)Cc2ccccc2F)n1. The number of aryl methyl sites for hydroxylation is 1. The smallest absolute Gasteiger partial charge is 0.227 e. The van der Waals surface area contributed by atoms with Crippen LogP contribution in [0.15, 0.2) is 42.7 Å². The number of halogens is 1. The van der Waals surface area contributed by atoms with Gasteiger partial charge in [0.25, 0.3) is 0 Å². The van der Waals surface area contributed by atoms with Gasteiger partial charge in [0.15, 0.2) is 0 Å². The molecule has 7 nitrogen and oxygen atoms in total. The molecule has 0 bridgehead atoms. The molecule has 1 amide bonds. The quantitative estimate of drug-likeness (QED) is 0.615. The number of carbonyl (C=O) groups is 1. The van der Waals surface area contributed by atoms with E-state index in [-0.39, 0.29) is 24.2 Å². The molecule has 2 aliphatic rings. The zero-order valence-corrected chi connectivity index (χ0v) is 18.2. The fourth-order valence-corrected chi connectivity index (χ4v) is 4.77. The van der Waals surface area contributed by atoms with Gasteiger partial charge in [0, 0.05) is 44.6 Å². The molecule has 2 saturated heterocycles. The van der Waals surface area contributed by atoms with Gasteiger partial charge in [-0.1, -0.05) is 18.2 Å². The minimum Gasteiger partial charge on any atom is -0.341 e. The lowest BCUT2D eigenvalue weighted by Crippen LogP contribution is -2.32. The van der Waals surface area contributed by atoms with E-state index in [0.717, 1.165) is 61.7 Å². The van der Waals surface area contributed by atoms with Crippen molar-refractivity contribution in [2.45, 2.75) is 38.1 Å². The zero-order chi connectivity index (χ0) is 22.1. The number of benzene rings is 1. The van der Waals surface area contributed by atoms with Crippen LogP contribution >= 0.6 is 0 Å². The summed E-state index contributed by atoms with van der Waals surface area (Å²) in [7, 11) is 1.88. The van der Waals surface area contributed by atoms with Crippen molar-refractivity contribution < 1.29 is 9.18 Å². The van der Waals surface area contributed by atoms with Gasteiger partial charge in [-0.25, -0.2) is 14.4 Å². The number of hydrogen-bond acceptors (Lipinski definition) is 5. The van der Waals surface area contributed by atoms with Gasteiger partial charge in [-0.2, -0.15) is 5.10 Å². The van der Waals surface area contributed by atoms with E-state index in [4.69, 9.17) is 10.1 Å². The molecule has 0 saturated carbocycles. The Morgan fingerprint density at radius 1 is 1.12 bits per heavy atom. The first kappa shape index (κ1) is 20.6. The van der Waals surface area contributed by atoms with Crippen LogP contribution < -0.4 is 4.90 Å². The molecule has 1 atom stereocenters. The summed E-state index contributed by atoms with van der Waals surface area (Å²) in [4.78, 5) is 26.5. The summed E-state index contributed by atoms with van der Waals surface area (Å²) in [5, 5.41) is 4.73. The number of carbonyl (C=O) groups excluding carboxylic acids is 1. The van der Waals surface area contributed by atoms with Gasteiger partial charge in [0.05, 0.1) is 23.9 Å². The summed E-state index contributed by atoms with van der Waals surface area (Å²) in [6.07, 6.45) is 7.85. The van der Waals surface area contributed by atoms with Gasteiger partial charge in [-0.3, -0.25) is 9.48 Å². The minimum atomic E-state index is -0.342. The van der Waals surface area contributed by atoms with Crippen LogP contribution in [0.5, 0.6) is 0 Å². The van der Waals surface area contributed by atoms with Crippen LogP contribution in [0.2, 0.25) is 0 Å². The fourth-order valence-electron chi connectivity index (χ4n) is 4.77. The number of amides is 1. The van der Waals surface area contributed by atoms with Crippen molar-refractivity contribution in [1.82, 2.24) is 24.6 Å². The van der Waals surface area contributed by atoms with Crippen LogP contribution in [0.4, 0.5) is 10.3 Å². The molecule has 4 heterocycles. The topological polar surface area (TPSA) is 67.2 Å². The Morgan fingerprint density at radius 2 is 1.94 bits per heavy atom. The van der Waals surface area contributed by atoms with Crippen LogP contribution in [0.25, 0.3) is 11.3 Å². The monoisotopic (exact) mass is 434 g/mol. The average Bonchev–Trinajstić information content (AvgIpc) is 3.56. The normalized spacial score (nSPS) is 18.5. The summed E-state index contributed by atoms with van der Waals surface area (Å²) >= 11 is 0. The van der Waals surface area contributed by atoms with Gasteiger partial charge in [-0.05, 0) is 43.4 Å². The Balaban J connectivity index is 1.43. The lowest BCUT2D eigenvalue weighted by atomic mass is 10.0. The molecule has 0 unspecified atom stereocenters. The molecule has 2 fully saturated rings. The summed E-state index contributed by atoms with van der Waals surface area (Å²) in [6.45, 7) is 2.60. The van der Waals surface area contributed by atoms with E-state index in [1.807, 2.05) is 24.2 Å². The molecule has 0 aliphatic carbocycles. The Morgan fingerprint density at radius 3 is 2.75 bits per heavy atom. The fraction of sp³-hybridized carbons (Fsp3) is 0.417. The number of nitrogens with zero attached hydrogens (tertiary/aromatic N) is 6. The van der Waals surface area contributed by atoms with Crippen LogP contribution in [0, 0.1) is 5.82 Å². The maximum atomic E-state index is 14.1. The molecule has 0 radical (unpaired) electrons. The maximum Gasteiger partial charge on any atom is 0.227 e. The van der Waals surface area contributed by atoms with E-state index in [1.54, 1.807) is 29.1 Å². The molecule has 5 rings (SSSR count). The minimum absolute atomic E-state index is 0.0535.